The standard InChI is InChI=1S/C24H19N3O3/c1-16(30-24(29)22-15-25-20-13-7-8-14-21(20)26-22)23(28)27-19-12-6-5-11-18(19)17-9-3-2-4-10-17/h2-16H,1H3,(H,27,28). The second kappa shape index (κ2) is 8.53. The molecule has 0 saturated carbocycles. The molecule has 148 valence electrons. The number of ether oxygens (including phenoxy) is 1. The summed E-state index contributed by atoms with van der Waals surface area (Å²) in [5.74, 6) is -1.13. The molecule has 1 N–H and O–H groups in total. The monoisotopic (exact) mass is 397 g/mol. The molecule has 0 aliphatic carbocycles. The number of fused-ring (bicyclic) bond motifs is 1. The first-order valence-electron chi connectivity index (χ1n) is 9.50. The minimum Gasteiger partial charge on any atom is -0.448 e. The van der Waals surface area contributed by atoms with Crippen molar-refractivity contribution in [1.82, 2.24) is 9.97 Å². The van der Waals surface area contributed by atoms with E-state index in [2.05, 4.69) is 15.3 Å². The first-order chi connectivity index (χ1) is 14.6. The maximum Gasteiger partial charge on any atom is 0.359 e. The van der Waals surface area contributed by atoms with Gasteiger partial charge >= 0.3 is 5.97 Å². The number of nitrogens with one attached hydrogen (secondary N) is 1. The zero-order chi connectivity index (χ0) is 20.9. The second-order valence-electron chi connectivity index (χ2n) is 6.69. The van der Waals surface area contributed by atoms with E-state index in [1.807, 2.05) is 66.7 Å². The highest BCUT2D eigenvalue weighted by atomic mass is 16.5. The molecule has 30 heavy (non-hydrogen) atoms. The van der Waals surface area contributed by atoms with Gasteiger partial charge in [0.1, 0.15) is 0 Å². The third kappa shape index (κ3) is 4.17. The highest BCUT2D eigenvalue weighted by Crippen LogP contribution is 2.27. The summed E-state index contributed by atoms with van der Waals surface area (Å²) in [4.78, 5) is 33.6. The molecule has 0 aliphatic rings. The van der Waals surface area contributed by atoms with Gasteiger partial charge in [-0.1, -0.05) is 60.7 Å². The Hall–Kier alpha value is -4.06. The smallest absolute Gasteiger partial charge is 0.359 e. The number of para-hydroxylation sites is 3. The van der Waals surface area contributed by atoms with Crippen LogP contribution in [0.1, 0.15) is 17.4 Å². The molecule has 0 radical (unpaired) electrons. The molecule has 0 spiro atoms. The van der Waals surface area contributed by atoms with Crippen LogP contribution in [0.3, 0.4) is 0 Å². The minimum atomic E-state index is -1.01. The molecule has 3 aromatic carbocycles. The van der Waals surface area contributed by atoms with Crippen LogP contribution in [-0.4, -0.2) is 27.9 Å². The summed E-state index contributed by atoms with van der Waals surface area (Å²) in [5, 5.41) is 2.84. The highest BCUT2D eigenvalue weighted by molar-refractivity contribution is 5.99. The Morgan fingerprint density at radius 3 is 2.33 bits per heavy atom. The molecule has 0 aliphatic heterocycles. The number of benzene rings is 3. The van der Waals surface area contributed by atoms with Gasteiger partial charge in [0, 0.05) is 11.3 Å². The lowest BCUT2D eigenvalue weighted by atomic mass is 10.0. The van der Waals surface area contributed by atoms with Crippen molar-refractivity contribution >= 4 is 28.6 Å². The Bertz CT molecular complexity index is 1210. The largest absolute Gasteiger partial charge is 0.448 e. The molecule has 6 nitrogen and oxygen atoms in total. The van der Waals surface area contributed by atoms with Crippen LogP contribution in [0, 0.1) is 0 Å². The molecule has 0 fully saturated rings. The van der Waals surface area contributed by atoms with Gasteiger partial charge in [-0.25, -0.2) is 9.78 Å². The van der Waals surface area contributed by atoms with E-state index in [-0.39, 0.29) is 5.69 Å². The van der Waals surface area contributed by atoms with E-state index in [1.165, 1.54) is 13.1 Å². The fourth-order valence-electron chi connectivity index (χ4n) is 3.03. The fraction of sp³-hybridized carbons (Fsp3) is 0.0833. The van der Waals surface area contributed by atoms with E-state index in [0.29, 0.717) is 16.7 Å². The van der Waals surface area contributed by atoms with E-state index in [0.717, 1.165) is 11.1 Å². The van der Waals surface area contributed by atoms with Crippen molar-refractivity contribution in [3.05, 3.63) is 90.8 Å². The number of esters is 1. The Kier molecular flexibility index (Phi) is 5.48. The van der Waals surface area contributed by atoms with Crippen LogP contribution in [0.15, 0.2) is 85.1 Å². The number of hydrogen-bond acceptors (Lipinski definition) is 5. The topological polar surface area (TPSA) is 81.2 Å². The average Bonchev–Trinajstić information content (AvgIpc) is 2.79. The quantitative estimate of drug-likeness (QED) is 0.502. The van der Waals surface area contributed by atoms with Crippen molar-refractivity contribution in [2.45, 2.75) is 13.0 Å². The third-order valence-corrected chi connectivity index (χ3v) is 4.58. The van der Waals surface area contributed by atoms with Crippen LogP contribution in [0.4, 0.5) is 5.69 Å². The predicted molar refractivity (Wildman–Crippen MR) is 115 cm³/mol. The normalized spacial score (nSPS) is 11.6. The van der Waals surface area contributed by atoms with Crippen LogP contribution >= 0.6 is 0 Å². The van der Waals surface area contributed by atoms with E-state index in [1.54, 1.807) is 12.1 Å². The summed E-state index contributed by atoms with van der Waals surface area (Å²) < 4.78 is 5.31. The van der Waals surface area contributed by atoms with Crippen LogP contribution in [0.2, 0.25) is 0 Å². The number of carbonyl (C=O) groups is 2. The molecule has 1 amide bonds. The number of nitrogens with zero attached hydrogens (tertiary/aromatic N) is 2. The lowest BCUT2D eigenvalue weighted by molar-refractivity contribution is -0.123. The summed E-state index contributed by atoms with van der Waals surface area (Å²) in [6.07, 6.45) is 0.342. The number of amides is 1. The van der Waals surface area contributed by atoms with Gasteiger partial charge in [0.05, 0.1) is 17.2 Å². The van der Waals surface area contributed by atoms with Crippen molar-refractivity contribution in [2.24, 2.45) is 0 Å². The van der Waals surface area contributed by atoms with Crippen molar-refractivity contribution in [3.63, 3.8) is 0 Å². The lowest BCUT2D eigenvalue weighted by Gasteiger charge is -2.15. The van der Waals surface area contributed by atoms with E-state index in [9.17, 15) is 9.59 Å². The number of rotatable bonds is 5. The molecule has 1 heterocycles. The zero-order valence-corrected chi connectivity index (χ0v) is 16.3. The molecular weight excluding hydrogens is 378 g/mol. The van der Waals surface area contributed by atoms with Gasteiger partial charge in [0.15, 0.2) is 11.8 Å². The van der Waals surface area contributed by atoms with Crippen LogP contribution in [0.25, 0.3) is 22.2 Å². The lowest BCUT2D eigenvalue weighted by Crippen LogP contribution is -2.30. The molecule has 4 aromatic rings. The number of hydrogen-bond donors (Lipinski definition) is 1. The average molecular weight is 397 g/mol. The maximum atomic E-state index is 12.7. The third-order valence-electron chi connectivity index (χ3n) is 4.58. The maximum absolute atomic E-state index is 12.7. The van der Waals surface area contributed by atoms with Crippen molar-refractivity contribution in [3.8, 4) is 11.1 Å². The molecule has 1 unspecified atom stereocenters. The van der Waals surface area contributed by atoms with Gasteiger partial charge in [-0.15, -0.1) is 0 Å². The minimum absolute atomic E-state index is 0.0537. The summed E-state index contributed by atoms with van der Waals surface area (Å²) >= 11 is 0. The van der Waals surface area contributed by atoms with Crippen molar-refractivity contribution in [2.75, 3.05) is 5.32 Å². The highest BCUT2D eigenvalue weighted by Gasteiger charge is 2.21. The van der Waals surface area contributed by atoms with E-state index in [4.69, 9.17) is 4.74 Å². The molecule has 6 heteroatoms. The fourth-order valence-corrected chi connectivity index (χ4v) is 3.03. The summed E-state index contributed by atoms with van der Waals surface area (Å²) in [7, 11) is 0. The first-order valence-corrected chi connectivity index (χ1v) is 9.50. The molecule has 1 atom stereocenters. The Morgan fingerprint density at radius 1 is 0.867 bits per heavy atom. The molecule has 1 aromatic heterocycles. The molecule has 0 saturated heterocycles. The van der Waals surface area contributed by atoms with Crippen LogP contribution in [-0.2, 0) is 9.53 Å². The number of aromatic nitrogens is 2. The molecular formula is C24H19N3O3. The van der Waals surface area contributed by atoms with Gasteiger partial charge in [-0.3, -0.25) is 9.78 Å². The van der Waals surface area contributed by atoms with Gasteiger partial charge in [-0.2, -0.15) is 0 Å². The van der Waals surface area contributed by atoms with E-state index < -0.39 is 18.0 Å². The Balaban J connectivity index is 1.47. The number of carbonyl (C=O) groups excluding carboxylic acids is 2. The molecule has 4 rings (SSSR count). The Morgan fingerprint density at radius 2 is 1.53 bits per heavy atom. The van der Waals surface area contributed by atoms with Crippen molar-refractivity contribution < 1.29 is 14.3 Å². The number of anilines is 1. The van der Waals surface area contributed by atoms with Crippen LogP contribution in [0.5, 0.6) is 0 Å². The molecule has 0 bridgehead atoms. The van der Waals surface area contributed by atoms with Gasteiger partial charge in [-0.05, 0) is 30.7 Å². The Labute approximate surface area is 173 Å². The summed E-state index contributed by atoms with van der Waals surface area (Å²) in [5.41, 5.74) is 3.81. The van der Waals surface area contributed by atoms with Gasteiger partial charge in [0.25, 0.3) is 5.91 Å². The first kappa shape index (κ1) is 19.3. The SMILES string of the molecule is CC(OC(=O)c1cnc2ccccc2n1)C(=O)Nc1ccccc1-c1ccccc1. The van der Waals surface area contributed by atoms with E-state index >= 15 is 0 Å². The van der Waals surface area contributed by atoms with Gasteiger partial charge in [0.2, 0.25) is 0 Å². The van der Waals surface area contributed by atoms with Gasteiger partial charge < -0.3 is 10.1 Å². The summed E-state index contributed by atoms with van der Waals surface area (Å²) in [6.45, 7) is 1.52. The summed E-state index contributed by atoms with van der Waals surface area (Å²) in [6, 6.07) is 24.4. The van der Waals surface area contributed by atoms with Crippen molar-refractivity contribution in [1.29, 1.82) is 0 Å². The zero-order valence-electron chi connectivity index (χ0n) is 16.3. The van der Waals surface area contributed by atoms with Crippen LogP contribution < -0.4 is 5.32 Å². The predicted octanol–water partition coefficient (Wildman–Crippen LogP) is 4.48. The second-order valence-corrected chi connectivity index (χ2v) is 6.69.